The predicted molar refractivity (Wildman–Crippen MR) is 78.9 cm³/mol. The van der Waals surface area contributed by atoms with E-state index < -0.39 is 0 Å². The number of carbonyl (C=O) groups excluding carboxylic acids is 1. The Hall–Kier alpha value is -1.62. The number of hydrogen-bond donors (Lipinski definition) is 2. The van der Waals surface area contributed by atoms with Crippen molar-refractivity contribution in [2.75, 3.05) is 25.0 Å². The summed E-state index contributed by atoms with van der Waals surface area (Å²) in [5.41, 5.74) is 1.51. The highest BCUT2D eigenvalue weighted by atomic mass is 16.1. The number of anilines is 1. The van der Waals surface area contributed by atoms with Crippen LogP contribution >= 0.6 is 0 Å². The molecule has 2 aliphatic rings. The van der Waals surface area contributed by atoms with Crippen molar-refractivity contribution in [1.82, 2.24) is 15.2 Å². The summed E-state index contributed by atoms with van der Waals surface area (Å²) in [5.74, 6) is -0.00667. The van der Waals surface area contributed by atoms with Crippen molar-refractivity contribution in [3.05, 3.63) is 24.0 Å². The molecule has 5 nitrogen and oxygen atoms in total. The summed E-state index contributed by atoms with van der Waals surface area (Å²) in [7, 11) is 0. The number of carbonyl (C=O) groups is 1. The van der Waals surface area contributed by atoms with E-state index in [0.29, 0.717) is 17.6 Å². The van der Waals surface area contributed by atoms with Crippen LogP contribution in [-0.4, -0.2) is 47.5 Å². The molecule has 0 aromatic carbocycles. The molecule has 5 heteroatoms. The number of amides is 1. The molecule has 0 spiro atoms. The molecule has 2 saturated heterocycles. The molecule has 0 saturated carbocycles. The maximum Gasteiger partial charge on any atom is 0.255 e. The first-order valence-corrected chi connectivity index (χ1v) is 7.52. The fourth-order valence-corrected chi connectivity index (χ4v) is 3.42. The van der Waals surface area contributed by atoms with E-state index in [2.05, 4.69) is 20.5 Å². The standard InChI is InChI=1S/C15H22N4O/c1-2-17-12-5-7-16-10-11(12)15(20)18-13-6-9-19-8-3-4-14(13)19/h5,7,10,13-14H,2-4,6,8-9H2,1H3,(H,16,17)(H,18,20). The van der Waals surface area contributed by atoms with Crippen LogP contribution in [0.5, 0.6) is 0 Å². The van der Waals surface area contributed by atoms with Gasteiger partial charge in [-0.1, -0.05) is 0 Å². The van der Waals surface area contributed by atoms with Gasteiger partial charge in [-0.15, -0.1) is 0 Å². The molecule has 1 aromatic rings. The fourth-order valence-electron chi connectivity index (χ4n) is 3.42. The molecule has 3 heterocycles. The summed E-state index contributed by atoms with van der Waals surface area (Å²) in [5, 5.41) is 6.42. The second-order valence-electron chi connectivity index (χ2n) is 5.57. The van der Waals surface area contributed by atoms with Crippen LogP contribution in [0.25, 0.3) is 0 Å². The first-order valence-electron chi connectivity index (χ1n) is 7.52. The lowest BCUT2D eigenvalue weighted by atomic mass is 10.1. The molecule has 2 N–H and O–H groups in total. The van der Waals surface area contributed by atoms with Gasteiger partial charge in [-0.25, -0.2) is 0 Å². The zero-order chi connectivity index (χ0) is 13.9. The Morgan fingerprint density at radius 1 is 1.45 bits per heavy atom. The van der Waals surface area contributed by atoms with E-state index in [1.165, 1.54) is 19.4 Å². The minimum Gasteiger partial charge on any atom is -0.385 e. The fraction of sp³-hybridized carbons (Fsp3) is 0.600. The van der Waals surface area contributed by atoms with Gasteiger partial charge < -0.3 is 10.6 Å². The molecule has 20 heavy (non-hydrogen) atoms. The second-order valence-corrected chi connectivity index (χ2v) is 5.57. The highest BCUT2D eigenvalue weighted by Crippen LogP contribution is 2.28. The number of pyridine rings is 1. The molecule has 108 valence electrons. The molecular formula is C15H22N4O. The summed E-state index contributed by atoms with van der Waals surface area (Å²) in [6.45, 7) is 5.12. The lowest BCUT2D eigenvalue weighted by molar-refractivity contribution is 0.0930. The van der Waals surface area contributed by atoms with Crippen LogP contribution in [0.1, 0.15) is 36.5 Å². The largest absolute Gasteiger partial charge is 0.385 e. The molecule has 2 atom stereocenters. The Morgan fingerprint density at radius 3 is 3.20 bits per heavy atom. The second kappa shape index (κ2) is 5.79. The van der Waals surface area contributed by atoms with Gasteiger partial charge in [-0.2, -0.15) is 0 Å². The van der Waals surface area contributed by atoms with Crippen molar-refractivity contribution in [1.29, 1.82) is 0 Å². The van der Waals surface area contributed by atoms with Gasteiger partial charge in [0.25, 0.3) is 5.91 Å². The molecular weight excluding hydrogens is 252 g/mol. The van der Waals surface area contributed by atoms with Crippen LogP contribution in [0.4, 0.5) is 5.69 Å². The van der Waals surface area contributed by atoms with Crippen molar-refractivity contribution in [2.24, 2.45) is 0 Å². The summed E-state index contributed by atoms with van der Waals surface area (Å²) >= 11 is 0. The first-order chi connectivity index (χ1) is 9.79. The highest BCUT2D eigenvalue weighted by Gasteiger charge is 2.38. The topological polar surface area (TPSA) is 57.3 Å². The Labute approximate surface area is 119 Å². The lowest BCUT2D eigenvalue weighted by Gasteiger charge is -2.21. The maximum absolute atomic E-state index is 12.5. The normalized spacial score (nSPS) is 25.4. The smallest absolute Gasteiger partial charge is 0.255 e. The van der Waals surface area contributed by atoms with Gasteiger partial charge in [0.15, 0.2) is 0 Å². The van der Waals surface area contributed by atoms with E-state index in [0.717, 1.165) is 25.2 Å². The zero-order valence-electron chi connectivity index (χ0n) is 11.9. The molecule has 0 aliphatic carbocycles. The van der Waals surface area contributed by atoms with E-state index in [-0.39, 0.29) is 5.91 Å². The molecule has 3 rings (SSSR count). The van der Waals surface area contributed by atoms with Crippen LogP contribution in [0.15, 0.2) is 18.5 Å². The van der Waals surface area contributed by atoms with Crippen LogP contribution in [-0.2, 0) is 0 Å². The van der Waals surface area contributed by atoms with Crippen molar-refractivity contribution >= 4 is 11.6 Å². The summed E-state index contributed by atoms with van der Waals surface area (Å²) in [4.78, 5) is 19.1. The summed E-state index contributed by atoms with van der Waals surface area (Å²) in [6, 6.07) is 2.69. The number of nitrogens with one attached hydrogen (secondary N) is 2. The maximum atomic E-state index is 12.5. The van der Waals surface area contributed by atoms with Crippen LogP contribution in [0, 0.1) is 0 Å². The summed E-state index contributed by atoms with van der Waals surface area (Å²) < 4.78 is 0. The van der Waals surface area contributed by atoms with Crippen molar-refractivity contribution in [2.45, 2.75) is 38.3 Å². The van der Waals surface area contributed by atoms with Crippen LogP contribution in [0.3, 0.4) is 0 Å². The molecule has 2 aliphatic heterocycles. The first kappa shape index (κ1) is 13.4. The molecule has 2 unspecified atom stereocenters. The third kappa shape index (κ3) is 2.50. The van der Waals surface area contributed by atoms with Gasteiger partial charge in [0.2, 0.25) is 0 Å². The van der Waals surface area contributed by atoms with E-state index >= 15 is 0 Å². The highest BCUT2D eigenvalue weighted by molar-refractivity contribution is 5.99. The summed E-state index contributed by atoms with van der Waals surface area (Å²) in [6.07, 6.45) is 6.88. The Kier molecular flexibility index (Phi) is 3.87. The predicted octanol–water partition coefficient (Wildman–Crippen LogP) is 1.48. The van der Waals surface area contributed by atoms with Gasteiger partial charge in [0.05, 0.1) is 11.3 Å². The lowest BCUT2D eigenvalue weighted by Crippen LogP contribution is -2.42. The van der Waals surface area contributed by atoms with Gasteiger partial charge in [-0.05, 0) is 38.8 Å². The Balaban J connectivity index is 1.70. The number of hydrogen-bond acceptors (Lipinski definition) is 4. The van der Waals surface area contributed by atoms with E-state index in [9.17, 15) is 4.79 Å². The van der Waals surface area contributed by atoms with Crippen molar-refractivity contribution in [3.63, 3.8) is 0 Å². The van der Waals surface area contributed by atoms with E-state index in [1.54, 1.807) is 12.4 Å². The van der Waals surface area contributed by atoms with Crippen molar-refractivity contribution in [3.8, 4) is 0 Å². The molecule has 2 fully saturated rings. The van der Waals surface area contributed by atoms with E-state index in [1.807, 2.05) is 13.0 Å². The minimum absolute atomic E-state index is 0.00667. The van der Waals surface area contributed by atoms with Gasteiger partial charge in [0, 0.05) is 37.6 Å². The van der Waals surface area contributed by atoms with Crippen LogP contribution < -0.4 is 10.6 Å². The number of fused-ring (bicyclic) bond motifs is 1. The SMILES string of the molecule is CCNc1ccncc1C(=O)NC1CCN2CCCC12. The van der Waals surface area contributed by atoms with Gasteiger partial charge >= 0.3 is 0 Å². The van der Waals surface area contributed by atoms with Crippen LogP contribution in [0.2, 0.25) is 0 Å². The third-order valence-corrected chi connectivity index (χ3v) is 4.36. The van der Waals surface area contributed by atoms with Crippen molar-refractivity contribution < 1.29 is 4.79 Å². The molecule has 0 bridgehead atoms. The third-order valence-electron chi connectivity index (χ3n) is 4.36. The number of aromatic nitrogens is 1. The number of rotatable bonds is 4. The Morgan fingerprint density at radius 2 is 2.35 bits per heavy atom. The zero-order valence-corrected chi connectivity index (χ0v) is 11.9. The average Bonchev–Trinajstić information content (AvgIpc) is 3.05. The average molecular weight is 274 g/mol. The monoisotopic (exact) mass is 274 g/mol. The molecule has 0 radical (unpaired) electrons. The van der Waals surface area contributed by atoms with E-state index in [4.69, 9.17) is 0 Å². The van der Waals surface area contributed by atoms with Gasteiger partial charge in [0.1, 0.15) is 0 Å². The quantitative estimate of drug-likeness (QED) is 0.873. The number of nitrogens with zero attached hydrogens (tertiary/aromatic N) is 2. The van der Waals surface area contributed by atoms with Gasteiger partial charge in [-0.3, -0.25) is 14.7 Å². The molecule has 1 amide bonds. The Bertz CT molecular complexity index is 491. The minimum atomic E-state index is -0.00667. The molecule has 1 aromatic heterocycles.